The minimum absolute atomic E-state index is 0.222. The summed E-state index contributed by atoms with van der Waals surface area (Å²) in [7, 11) is 0. The average molecular weight is 230 g/mol. The van der Waals surface area contributed by atoms with Crippen LogP contribution in [0.2, 0.25) is 0 Å². The highest BCUT2D eigenvalue weighted by molar-refractivity contribution is 8.14. The summed E-state index contributed by atoms with van der Waals surface area (Å²) in [5.74, 6) is 0.787. The number of carbonyl (C=O) groups excluding carboxylic acids is 1. The van der Waals surface area contributed by atoms with Crippen LogP contribution in [0.4, 0.5) is 0 Å². The highest BCUT2D eigenvalue weighted by Gasteiger charge is 2.21. The van der Waals surface area contributed by atoms with Crippen molar-refractivity contribution in [2.45, 2.75) is 39.3 Å². The first-order valence-electron chi connectivity index (χ1n) is 5.31. The van der Waals surface area contributed by atoms with Gasteiger partial charge in [0, 0.05) is 5.75 Å². The van der Waals surface area contributed by atoms with Crippen molar-refractivity contribution >= 4 is 22.9 Å². The van der Waals surface area contributed by atoms with Crippen molar-refractivity contribution in [3.05, 3.63) is 0 Å². The molecule has 1 aliphatic heterocycles. The number of nitrogens with one attached hydrogen (secondary N) is 1. The van der Waals surface area contributed by atoms with Crippen molar-refractivity contribution in [2.24, 2.45) is 4.99 Å². The molecule has 0 aromatic heterocycles. The summed E-state index contributed by atoms with van der Waals surface area (Å²) in [4.78, 5) is 15.8. The molecule has 5 heteroatoms. The van der Waals surface area contributed by atoms with Gasteiger partial charge in [-0.2, -0.15) is 0 Å². The third kappa shape index (κ3) is 3.74. The van der Waals surface area contributed by atoms with Gasteiger partial charge in [0.2, 0.25) is 0 Å². The lowest BCUT2D eigenvalue weighted by Crippen LogP contribution is -2.37. The first-order chi connectivity index (χ1) is 7.17. The van der Waals surface area contributed by atoms with Crippen LogP contribution in [-0.4, -0.2) is 35.6 Å². The Labute approximate surface area is 94.9 Å². The first kappa shape index (κ1) is 12.4. The molecular weight excluding hydrogens is 212 g/mol. The molecule has 0 saturated heterocycles. The number of amidine groups is 1. The lowest BCUT2D eigenvalue weighted by molar-refractivity contribution is -0.144. The summed E-state index contributed by atoms with van der Waals surface area (Å²) in [5, 5.41) is 3.93. The summed E-state index contributed by atoms with van der Waals surface area (Å²) in [6.07, 6.45) is 1.05. The second-order valence-electron chi connectivity index (χ2n) is 3.43. The fourth-order valence-electron chi connectivity index (χ4n) is 1.21. The highest BCUT2D eigenvalue weighted by Crippen LogP contribution is 2.18. The number of esters is 1. The maximum Gasteiger partial charge on any atom is 0.328 e. The van der Waals surface area contributed by atoms with E-state index in [9.17, 15) is 4.79 Å². The molecule has 1 heterocycles. The molecular formula is C10H18N2O2S. The Morgan fingerprint density at radius 3 is 3.00 bits per heavy atom. The zero-order valence-electron chi connectivity index (χ0n) is 9.45. The summed E-state index contributed by atoms with van der Waals surface area (Å²) < 4.78 is 4.90. The number of thioether (sulfide) groups is 1. The smallest absolute Gasteiger partial charge is 0.328 e. The van der Waals surface area contributed by atoms with E-state index in [1.165, 1.54) is 0 Å². The molecule has 1 rings (SSSR count). The molecule has 4 nitrogen and oxygen atoms in total. The molecule has 0 amide bonds. The zero-order chi connectivity index (χ0) is 11.3. The van der Waals surface area contributed by atoms with Crippen molar-refractivity contribution < 1.29 is 9.53 Å². The summed E-state index contributed by atoms with van der Waals surface area (Å²) >= 11 is 1.67. The number of ether oxygens (including phenoxy) is 1. The van der Waals surface area contributed by atoms with Crippen molar-refractivity contribution in [1.29, 1.82) is 0 Å². The summed E-state index contributed by atoms with van der Waals surface area (Å²) in [6.45, 7) is 6.13. The Balaban J connectivity index is 2.38. The van der Waals surface area contributed by atoms with Gasteiger partial charge in [-0.15, -0.1) is 0 Å². The standard InChI is InChI=1S/C10H18N2O2S/c1-4-8-6-15-10(12-8)11-7(3)9(13)14-5-2/h7-8H,4-6H2,1-3H3,(H,11,12). The topological polar surface area (TPSA) is 50.7 Å². The largest absolute Gasteiger partial charge is 0.464 e. The van der Waals surface area contributed by atoms with Crippen LogP contribution in [0, 0.1) is 0 Å². The third-order valence-corrected chi connectivity index (χ3v) is 3.21. The Kier molecular flexibility index (Phi) is 4.94. The van der Waals surface area contributed by atoms with Gasteiger partial charge in [-0.05, 0) is 20.3 Å². The fourth-order valence-corrected chi connectivity index (χ4v) is 2.36. The maximum absolute atomic E-state index is 11.3. The molecule has 0 aromatic rings. The van der Waals surface area contributed by atoms with Gasteiger partial charge in [0.05, 0.1) is 12.6 Å². The summed E-state index contributed by atoms with van der Waals surface area (Å²) in [5.41, 5.74) is 0. The quantitative estimate of drug-likeness (QED) is 0.742. The molecule has 0 fully saturated rings. The monoisotopic (exact) mass is 230 g/mol. The first-order valence-corrected chi connectivity index (χ1v) is 6.29. The second kappa shape index (κ2) is 6.00. The molecule has 86 valence electrons. The van der Waals surface area contributed by atoms with E-state index in [4.69, 9.17) is 4.74 Å². The van der Waals surface area contributed by atoms with E-state index in [1.807, 2.05) is 0 Å². The molecule has 1 aliphatic rings. The van der Waals surface area contributed by atoms with Crippen LogP contribution in [0.1, 0.15) is 27.2 Å². The average Bonchev–Trinajstić information content (AvgIpc) is 2.66. The van der Waals surface area contributed by atoms with E-state index >= 15 is 0 Å². The summed E-state index contributed by atoms with van der Waals surface area (Å²) in [6, 6.07) is 0.0821. The van der Waals surface area contributed by atoms with Gasteiger partial charge in [0.25, 0.3) is 0 Å². The van der Waals surface area contributed by atoms with Gasteiger partial charge in [-0.1, -0.05) is 18.7 Å². The Morgan fingerprint density at radius 2 is 2.47 bits per heavy atom. The molecule has 0 radical (unpaired) electrons. The van der Waals surface area contributed by atoms with Crippen LogP contribution < -0.4 is 5.32 Å². The maximum atomic E-state index is 11.3. The van der Waals surface area contributed by atoms with E-state index in [0.717, 1.165) is 17.3 Å². The van der Waals surface area contributed by atoms with Gasteiger partial charge in [-0.25, -0.2) is 4.79 Å². The minimum Gasteiger partial charge on any atom is -0.464 e. The Hall–Kier alpha value is -0.710. The molecule has 1 N–H and O–H groups in total. The second-order valence-corrected chi connectivity index (χ2v) is 4.43. The molecule has 0 spiro atoms. The number of carbonyl (C=O) groups is 1. The van der Waals surface area contributed by atoms with E-state index in [0.29, 0.717) is 12.6 Å². The molecule has 0 aliphatic carbocycles. The fraction of sp³-hybridized carbons (Fsp3) is 0.800. The molecule has 0 bridgehead atoms. The van der Waals surface area contributed by atoms with E-state index in [1.54, 1.807) is 25.6 Å². The van der Waals surface area contributed by atoms with Crippen LogP contribution in [0.15, 0.2) is 4.99 Å². The van der Waals surface area contributed by atoms with Crippen LogP contribution in [-0.2, 0) is 9.53 Å². The van der Waals surface area contributed by atoms with Crippen LogP contribution >= 0.6 is 11.8 Å². The Bertz CT molecular complexity index is 256. The zero-order valence-corrected chi connectivity index (χ0v) is 10.3. The predicted molar refractivity (Wildman–Crippen MR) is 63.2 cm³/mol. The molecule has 0 saturated carbocycles. The van der Waals surface area contributed by atoms with E-state index < -0.39 is 0 Å². The number of hydrogen-bond acceptors (Lipinski definition) is 5. The van der Waals surface area contributed by atoms with Crippen LogP contribution in [0.5, 0.6) is 0 Å². The number of hydrogen-bond donors (Lipinski definition) is 1. The van der Waals surface area contributed by atoms with Crippen molar-refractivity contribution in [3.63, 3.8) is 0 Å². The van der Waals surface area contributed by atoms with Crippen molar-refractivity contribution in [1.82, 2.24) is 5.32 Å². The minimum atomic E-state index is -0.313. The lowest BCUT2D eigenvalue weighted by Gasteiger charge is -2.12. The van der Waals surface area contributed by atoms with Gasteiger partial charge in [0.1, 0.15) is 6.04 Å². The van der Waals surface area contributed by atoms with E-state index in [2.05, 4.69) is 17.2 Å². The van der Waals surface area contributed by atoms with Crippen molar-refractivity contribution in [2.75, 3.05) is 12.4 Å². The van der Waals surface area contributed by atoms with Gasteiger partial charge < -0.3 is 10.1 Å². The van der Waals surface area contributed by atoms with Crippen LogP contribution in [0.3, 0.4) is 0 Å². The Morgan fingerprint density at radius 1 is 1.73 bits per heavy atom. The molecule has 2 unspecified atom stereocenters. The predicted octanol–water partition coefficient (Wildman–Crippen LogP) is 1.41. The normalized spacial score (nSPS) is 22.1. The number of rotatable bonds is 4. The molecule has 0 aromatic carbocycles. The number of aliphatic imine (C=N–C) groups is 1. The van der Waals surface area contributed by atoms with E-state index in [-0.39, 0.29) is 12.0 Å². The number of nitrogens with zero attached hydrogens (tertiary/aromatic N) is 1. The van der Waals surface area contributed by atoms with Crippen LogP contribution in [0.25, 0.3) is 0 Å². The van der Waals surface area contributed by atoms with Crippen molar-refractivity contribution in [3.8, 4) is 0 Å². The molecule has 15 heavy (non-hydrogen) atoms. The molecule has 2 atom stereocenters. The lowest BCUT2D eigenvalue weighted by atomic mass is 10.3. The van der Waals surface area contributed by atoms with Gasteiger partial charge >= 0.3 is 5.97 Å². The highest BCUT2D eigenvalue weighted by atomic mass is 32.2. The SMILES string of the molecule is CCOC(=O)C(C)NC1=NC(CC)CS1. The van der Waals surface area contributed by atoms with Gasteiger partial charge in [0.15, 0.2) is 5.17 Å². The van der Waals surface area contributed by atoms with Gasteiger partial charge in [-0.3, -0.25) is 4.99 Å². The third-order valence-electron chi connectivity index (χ3n) is 2.16.